The second kappa shape index (κ2) is 6.36. The first-order valence-corrected chi connectivity index (χ1v) is 7.85. The lowest BCUT2D eigenvalue weighted by Crippen LogP contribution is -2.31. The molecule has 0 spiro atoms. The Morgan fingerprint density at radius 2 is 2.00 bits per heavy atom. The van der Waals surface area contributed by atoms with E-state index >= 15 is 0 Å². The van der Waals surface area contributed by atoms with Crippen LogP contribution in [0.4, 0.5) is 0 Å². The lowest BCUT2D eigenvalue weighted by Gasteiger charge is -2.17. The first-order valence-electron chi connectivity index (χ1n) is 7.85. The predicted octanol–water partition coefficient (Wildman–Crippen LogP) is 2.37. The van der Waals surface area contributed by atoms with E-state index < -0.39 is 0 Å². The summed E-state index contributed by atoms with van der Waals surface area (Å²) in [4.78, 5) is 14.7. The van der Waals surface area contributed by atoms with E-state index in [9.17, 15) is 4.79 Å². The Kier molecular flexibility index (Phi) is 4.29. The topological polar surface area (TPSA) is 37.3 Å². The number of amides is 1. The summed E-state index contributed by atoms with van der Waals surface area (Å²) in [5.74, 6) is 0.714. The average Bonchev–Trinajstić information content (AvgIpc) is 3.15. The zero-order valence-corrected chi connectivity index (χ0v) is 13.2. The number of nitrogens with zero attached hydrogens (tertiary/aromatic N) is 2. The van der Waals surface area contributed by atoms with Gasteiger partial charge in [0.1, 0.15) is 5.69 Å². The molecule has 1 aromatic heterocycles. The zero-order valence-electron chi connectivity index (χ0n) is 13.2. The van der Waals surface area contributed by atoms with E-state index in [-0.39, 0.29) is 5.91 Å². The van der Waals surface area contributed by atoms with Crippen LogP contribution in [-0.4, -0.2) is 42.1 Å². The fraction of sp³-hybridized carbons (Fsp3) is 0.389. The quantitative estimate of drug-likeness (QED) is 0.941. The molecule has 2 heterocycles. The molecule has 0 aliphatic carbocycles. The summed E-state index contributed by atoms with van der Waals surface area (Å²) in [6.45, 7) is 2.69. The largest absolute Gasteiger partial charge is 0.340 e. The molecule has 116 valence electrons. The summed E-state index contributed by atoms with van der Waals surface area (Å²) < 4.78 is 2.00. The van der Waals surface area contributed by atoms with Crippen LogP contribution in [0, 0.1) is 5.92 Å². The Balaban J connectivity index is 1.79. The number of nitrogens with one attached hydrogen (secondary N) is 1. The molecule has 22 heavy (non-hydrogen) atoms. The van der Waals surface area contributed by atoms with Crippen LogP contribution < -0.4 is 5.32 Å². The number of carbonyl (C=O) groups excluding carboxylic acids is 1. The minimum Gasteiger partial charge on any atom is -0.340 e. The van der Waals surface area contributed by atoms with Gasteiger partial charge < -0.3 is 14.8 Å². The molecule has 0 saturated carbocycles. The van der Waals surface area contributed by atoms with Gasteiger partial charge in [-0.2, -0.15) is 0 Å². The molecule has 1 N–H and O–H groups in total. The zero-order chi connectivity index (χ0) is 15.5. The maximum atomic E-state index is 12.7. The molecule has 4 nitrogen and oxygen atoms in total. The van der Waals surface area contributed by atoms with Crippen LogP contribution in [0.3, 0.4) is 0 Å². The SMILES string of the molecule is CNC[C@@H]1CCN(C(=O)c2ccc(-c3ccccc3)n2C)C1. The summed E-state index contributed by atoms with van der Waals surface area (Å²) in [6, 6.07) is 14.2. The lowest BCUT2D eigenvalue weighted by molar-refractivity contribution is 0.0778. The van der Waals surface area contributed by atoms with E-state index in [2.05, 4.69) is 17.4 Å². The molecule has 1 saturated heterocycles. The lowest BCUT2D eigenvalue weighted by atomic mass is 10.1. The summed E-state index contributed by atoms with van der Waals surface area (Å²) in [5.41, 5.74) is 2.98. The minimum absolute atomic E-state index is 0.142. The minimum atomic E-state index is 0.142. The fourth-order valence-electron chi connectivity index (χ4n) is 3.26. The molecule has 0 radical (unpaired) electrons. The second-order valence-corrected chi connectivity index (χ2v) is 5.99. The van der Waals surface area contributed by atoms with Crippen molar-refractivity contribution in [2.75, 3.05) is 26.7 Å². The third kappa shape index (κ3) is 2.79. The van der Waals surface area contributed by atoms with Crippen molar-refractivity contribution < 1.29 is 4.79 Å². The smallest absolute Gasteiger partial charge is 0.270 e. The van der Waals surface area contributed by atoms with Gasteiger partial charge in [-0.15, -0.1) is 0 Å². The summed E-state index contributed by atoms with van der Waals surface area (Å²) in [6.07, 6.45) is 1.09. The van der Waals surface area contributed by atoms with Gasteiger partial charge in [0, 0.05) is 25.8 Å². The monoisotopic (exact) mass is 297 g/mol. The van der Waals surface area contributed by atoms with Crippen molar-refractivity contribution in [3.63, 3.8) is 0 Å². The van der Waals surface area contributed by atoms with E-state index in [4.69, 9.17) is 0 Å². The Morgan fingerprint density at radius 3 is 2.73 bits per heavy atom. The van der Waals surface area contributed by atoms with E-state index in [0.717, 1.165) is 43.0 Å². The summed E-state index contributed by atoms with van der Waals surface area (Å²) in [5, 5.41) is 3.20. The first-order chi connectivity index (χ1) is 10.7. The van der Waals surface area contributed by atoms with Crippen molar-refractivity contribution in [2.45, 2.75) is 6.42 Å². The van der Waals surface area contributed by atoms with Gasteiger partial charge in [0.05, 0.1) is 0 Å². The standard InChI is InChI=1S/C18H23N3O/c1-19-12-14-10-11-21(13-14)18(22)17-9-8-16(20(17)2)15-6-4-3-5-7-15/h3-9,14,19H,10-13H2,1-2H3/t14-/m0/s1. The highest BCUT2D eigenvalue weighted by atomic mass is 16.2. The van der Waals surface area contributed by atoms with Crippen LogP contribution in [0.5, 0.6) is 0 Å². The molecule has 2 aromatic rings. The molecule has 1 atom stereocenters. The van der Waals surface area contributed by atoms with Crippen LogP contribution in [0.25, 0.3) is 11.3 Å². The van der Waals surface area contributed by atoms with Gasteiger partial charge in [-0.1, -0.05) is 30.3 Å². The van der Waals surface area contributed by atoms with Crippen molar-refractivity contribution in [2.24, 2.45) is 13.0 Å². The van der Waals surface area contributed by atoms with Crippen molar-refractivity contribution in [1.82, 2.24) is 14.8 Å². The van der Waals surface area contributed by atoms with Gasteiger partial charge in [-0.05, 0) is 43.6 Å². The number of aromatic nitrogens is 1. The predicted molar refractivity (Wildman–Crippen MR) is 88.8 cm³/mol. The molecule has 4 heteroatoms. The Labute approximate surface area is 131 Å². The normalized spacial score (nSPS) is 17.9. The number of benzene rings is 1. The molecule has 1 aliphatic rings. The van der Waals surface area contributed by atoms with E-state index in [1.807, 2.05) is 53.9 Å². The van der Waals surface area contributed by atoms with Gasteiger partial charge in [0.2, 0.25) is 0 Å². The second-order valence-electron chi connectivity index (χ2n) is 5.99. The molecular weight excluding hydrogens is 274 g/mol. The Morgan fingerprint density at radius 1 is 1.23 bits per heavy atom. The van der Waals surface area contributed by atoms with Crippen LogP contribution >= 0.6 is 0 Å². The van der Waals surface area contributed by atoms with Crippen LogP contribution in [0.2, 0.25) is 0 Å². The Bertz CT molecular complexity index is 648. The van der Waals surface area contributed by atoms with Gasteiger partial charge in [0.15, 0.2) is 0 Å². The third-order valence-electron chi connectivity index (χ3n) is 4.48. The highest BCUT2D eigenvalue weighted by molar-refractivity contribution is 5.94. The van der Waals surface area contributed by atoms with Crippen molar-refractivity contribution in [3.8, 4) is 11.3 Å². The highest BCUT2D eigenvalue weighted by Gasteiger charge is 2.28. The van der Waals surface area contributed by atoms with Crippen molar-refractivity contribution >= 4 is 5.91 Å². The molecule has 1 aromatic carbocycles. The fourth-order valence-corrected chi connectivity index (χ4v) is 3.26. The van der Waals surface area contributed by atoms with Crippen LogP contribution in [0.15, 0.2) is 42.5 Å². The molecule has 0 unspecified atom stereocenters. The third-order valence-corrected chi connectivity index (χ3v) is 4.48. The van der Waals surface area contributed by atoms with Crippen LogP contribution in [0.1, 0.15) is 16.9 Å². The highest BCUT2D eigenvalue weighted by Crippen LogP contribution is 2.24. The van der Waals surface area contributed by atoms with E-state index in [1.165, 1.54) is 0 Å². The van der Waals surface area contributed by atoms with Crippen LogP contribution in [-0.2, 0) is 7.05 Å². The van der Waals surface area contributed by atoms with Gasteiger partial charge in [-0.25, -0.2) is 0 Å². The van der Waals surface area contributed by atoms with Crippen molar-refractivity contribution in [1.29, 1.82) is 0 Å². The van der Waals surface area contributed by atoms with E-state index in [1.54, 1.807) is 0 Å². The molecular formula is C18H23N3O. The van der Waals surface area contributed by atoms with E-state index in [0.29, 0.717) is 5.92 Å². The molecule has 0 bridgehead atoms. The van der Waals surface area contributed by atoms with Crippen molar-refractivity contribution in [3.05, 3.63) is 48.2 Å². The number of carbonyl (C=O) groups is 1. The number of rotatable bonds is 4. The number of hydrogen-bond acceptors (Lipinski definition) is 2. The van der Waals surface area contributed by atoms with Gasteiger partial charge in [0.25, 0.3) is 5.91 Å². The molecule has 1 amide bonds. The summed E-state index contributed by atoms with van der Waals surface area (Å²) in [7, 11) is 3.94. The number of likely N-dealkylation sites (tertiary alicyclic amines) is 1. The van der Waals surface area contributed by atoms with Gasteiger partial charge >= 0.3 is 0 Å². The first kappa shape index (κ1) is 14.9. The molecule has 1 aliphatic heterocycles. The average molecular weight is 297 g/mol. The molecule has 3 rings (SSSR count). The maximum absolute atomic E-state index is 12.7. The Hall–Kier alpha value is -2.07. The molecule has 1 fully saturated rings. The van der Waals surface area contributed by atoms with Gasteiger partial charge in [-0.3, -0.25) is 4.79 Å². The summed E-state index contributed by atoms with van der Waals surface area (Å²) >= 11 is 0. The maximum Gasteiger partial charge on any atom is 0.270 e. The number of hydrogen-bond donors (Lipinski definition) is 1.